The predicted molar refractivity (Wildman–Crippen MR) is 79.0 cm³/mol. The number of hydrogen-bond donors (Lipinski definition) is 0. The van der Waals surface area contributed by atoms with E-state index in [0.29, 0.717) is 5.92 Å². The van der Waals surface area contributed by atoms with Crippen molar-refractivity contribution in [3.05, 3.63) is 40.5 Å². The van der Waals surface area contributed by atoms with E-state index < -0.39 is 0 Å². The second-order valence-electron chi connectivity index (χ2n) is 5.92. The van der Waals surface area contributed by atoms with Crippen molar-refractivity contribution in [1.29, 1.82) is 0 Å². The van der Waals surface area contributed by atoms with Crippen LogP contribution in [0.25, 0.3) is 6.08 Å². The first-order valence-electron chi connectivity index (χ1n) is 7.72. The minimum Gasteiger partial charge on any atom is -0.0764 e. The van der Waals surface area contributed by atoms with Gasteiger partial charge in [0.05, 0.1) is 0 Å². The van der Waals surface area contributed by atoms with Gasteiger partial charge < -0.3 is 0 Å². The summed E-state index contributed by atoms with van der Waals surface area (Å²) in [5.74, 6) is 0.711. The molecule has 0 saturated carbocycles. The molecule has 1 aromatic rings. The van der Waals surface area contributed by atoms with E-state index in [9.17, 15) is 0 Å². The van der Waals surface area contributed by atoms with Crippen LogP contribution >= 0.6 is 0 Å². The zero-order chi connectivity index (χ0) is 12.4. The summed E-state index contributed by atoms with van der Waals surface area (Å²) in [5, 5.41) is 0. The minimum absolute atomic E-state index is 0. The predicted octanol–water partition coefficient (Wildman–Crippen LogP) is 5.25. The van der Waals surface area contributed by atoms with Crippen LogP contribution in [-0.2, 0) is 38.7 Å². The smallest absolute Gasteiger partial charge is 0.00273 e. The molecule has 2 aliphatic carbocycles. The van der Waals surface area contributed by atoms with E-state index in [2.05, 4.69) is 31.2 Å². The van der Waals surface area contributed by atoms with E-state index in [1.165, 1.54) is 56.9 Å². The van der Waals surface area contributed by atoms with E-state index in [-0.39, 0.29) is 25.8 Å². The number of allylic oxidation sites excluding steroid dienone is 1. The summed E-state index contributed by atoms with van der Waals surface area (Å²) in [5.41, 5.74) is 6.38. The van der Waals surface area contributed by atoms with Gasteiger partial charge in [0.2, 0.25) is 0 Å². The number of unbranched alkanes of at least 4 members (excludes halogenated alkanes) is 3. The SMILES string of the molecule is CCCCCCC1C=Cc2cc3c(cc21)CCC3.[Hf]. The first kappa shape index (κ1) is 15.2. The molecule has 0 N–H and O–H groups in total. The normalized spacial score (nSPS) is 19.1. The van der Waals surface area contributed by atoms with Crippen LogP contribution < -0.4 is 0 Å². The van der Waals surface area contributed by atoms with E-state index in [0.717, 1.165) is 0 Å². The molecule has 19 heavy (non-hydrogen) atoms. The Morgan fingerprint density at radius 1 is 1.05 bits per heavy atom. The fraction of sp³-hybridized carbons (Fsp3) is 0.556. The Balaban J connectivity index is 0.00000133. The largest absolute Gasteiger partial charge is 0.0764 e. The Hall–Kier alpha value is -0.170. The zero-order valence-electron chi connectivity index (χ0n) is 12.0. The van der Waals surface area contributed by atoms with Crippen molar-refractivity contribution >= 4 is 6.08 Å². The molecule has 0 amide bonds. The van der Waals surface area contributed by atoms with Gasteiger partial charge in [-0.15, -0.1) is 0 Å². The molecule has 0 radical (unpaired) electrons. The van der Waals surface area contributed by atoms with Crippen molar-refractivity contribution in [1.82, 2.24) is 0 Å². The quantitative estimate of drug-likeness (QED) is 0.452. The number of aryl methyl sites for hydroxylation is 2. The minimum atomic E-state index is 0. The molecule has 0 aromatic heterocycles. The van der Waals surface area contributed by atoms with Gasteiger partial charge in [-0.3, -0.25) is 0 Å². The number of fused-ring (bicyclic) bond motifs is 2. The summed E-state index contributed by atoms with van der Waals surface area (Å²) >= 11 is 0. The van der Waals surface area contributed by atoms with Gasteiger partial charge in [0, 0.05) is 31.8 Å². The van der Waals surface area contributed by atoms with Crippen LogP contribution in [0.3, 0.4) is 0 Å². The molecule has 1 atom stereocenters. The Morgan fingerprint density at radius 2 is 1.84 bits per heavy atom. The molecule has 0 aliphatic heterocycles. The molecule has 0 spiro atoms. The van der Waals surface area contributed by atoms with Crippen LogP contribution in [0, 0.1) is 0 Å². The Labute approximate surface area is 136 Å². The summed E-state index contributed by atoms with van der Waals surface area (Å²) in [6.45, 7) is 2.29. The molecule has 0 saturated heterocycles. The number of rotatable bonds is 5. The molecule has 1 heteroatoms. The number of benzene rings is 1. The third kappa shape index (κ3) is 3.29. The van der Waals surface area contributed by atoms with Gasteiger partial charge in [-0.05, 0) is 47.9 Å². The average molecular weight is 419 g/mol. The second kappa shape index (κ2) is 7.02. The summed E-state index contributed by atoms with van der Waals surface area (Å²) in [4.78, 5) is 0. The molecular formula is C18H24Hf. The maximum atomic E-state index is 2.52. The van der Waals surface area contributed by atoms with Crippen LogP contribution in [0.15, 0.2) is 18.2 Å². The molecule has 0 fully saturated rings. The van der Waals surface area contributed by atoms with Gasteiger partial charge >= 0.3 is 0 Å². The third-order valence-corrected chi connectivity index (χ3v) is 4.57. The van der Waals surface area contributed by atoms with Crippen molar-refractivity contribution in [3.63, 3.8) is 0 Å². The summed E-state index contributed by atoms with van der Waals surface area (Å²) < 4.78 is 0. The molecule has 0 nitrogen and oxygen atoms in total. The first-order valence-corrected chi connectivity index (χ1v) is 7.72. The van der Waals surface area contributed by atoms with Crippen molar-refractivity contribution in [2.45, 2.75) is 64.2 Å². The molecular weight excluding hydrogens is 395 g/mol. The monoisotopic (exact) mass is 420 g/mol. The molecule has 1 aromatic carbocycles. The van der Waals surface area contributed by atoms with Gasteiger partial charge in [-0.2, -0.15) is 0 Å². The van der Waals surface area contributed by atoms with E-state index >= 15 is 0 Å². The summed E-state index contributed by atoms with van der Waals surface area (Å²) in [7, 11) is 0. The summed E-state index contributed by atoms with van der Waals surface area (Å²) in [6, 6.07) is 4.97. The van der Waals surface area contributed by atoms with Crippen molar-refractivity contribution in [2.24, 2.45) is 0 Å². The topological polar surface area (TPSA) is 0 Å². The maximum Gasteiger partial charge on any atom is 0.00273 e. The first-order chi connectivity index (χ1) is 8.88. The molecule has 1 unspecified atom stereocenters. The number of hydrogen-bond acceptors (Lipinski definition) is 0. The second-order valence-corrected chi connectivity index (χ2v) is 5.92. The van der Waals surface area contributed by atoms with Crippen molar-refractivity contribution < 1.29 is 25.8 Å². The van der Waals surface area contributed by atoms with Crippen molar-refractivity contribution in [3.8, 4) is 0 Å². The van der Waals surface area contributed by atoms with Gasteiger partial charge in [0.25, 0.3) is 0 Å². The molecule has 0 heterocycles. The molecule has 0 bridgehead atoms. The van der Waals surface area contributed by atoms with Gasteiger partial charge in [0.15, 0.2) is 0 Å². The average Bonchev–Trinajstić information content (AvgIpc) is 2.98. The summed E-state index contributed by atoms with van der Waals surface area (Å²) in [6.07, 6.45) is 15.6. The molecule has 2 aliphatic rings. The van der Waals surface area contributed by atoms with Gasteiger partial charge in [-0.25, -0.2) is 0 Å². The Morgan fingerprint density at radius 3 is 2.63 bits per heavy atom. The van der Waals surface area contributed by atoms with E-state index in [1.54, 1.807) is 16.7 Å². The molecule has 3 rings (SSSR count). The van der Waals surface area contributed by atoms with Crippen LogP contribution in [0.4, 0.5) is 0 Å². The zero-order valence-corrected chi connectivity index (χ0v) is 15.6. The van der Waals surface area contributed by atoms with E-state index in [4.69, 9.17) is 0 Å². The van der Waals surface area contributed by atoms with Crippen molar-refractivity contribution in [2.75, 3.05) is 0 Å². The van der Waals surface area contributed by atoms with Gasteiger partial charge in [-0.1, -0.05) is 56.9 Å². The standard InChI is InChI=1S/C18H24.Hf/c1-2-3-4-5-7-14-10-11-17-12-15-8-6-9-16(15)13-18(14)17;/h10-14H,2-9H2,1H3;. The maximum absolute atomic E-state index is 2.52. The van der Waals surface area contributed by atoms with Crippen LogP contribution in [0.5, 0.6) is 0 Å². The fourth-order valence-corrected chi connectivity index (χ4v) is 3.49. The van der Waals surface area contributed by atoms with Gasteiger partial charge in [0.1, 0.15) is 0 Å². The van der Waals surface area contributed by atoms with Crippen LogP contribution in [-0.4, -0.2) is 0 Å². The third-order valence-electron chi connectivity index (χ3n) is 4.57. The Bertz CT molecular complexity index is 459. The van der Waals surface area contributed by atoms with Crippen LogP contribution in [0.2, 0.25) is 0 Å². The van der Waals surface area contributed by atoms with Crippen LogP contribution in [0.1, 0.15) is 73.6 Å². The Kier molecular flexibility index (Phi) is 5.62. The molecule has 100 valence electrons. The fourth-order valence-electron chi connectivity index (χ4n) is 3.49. The van der Waals surface area contributed by atoms with E-state index in [1.807, 2.05) is 0 Å².